The highest BCUT2D eigenvalue weighted by molar-refractivity contribution is 6.47. The summed E-state index contributed by atoms with van der Waals surface area (Å²) in [6, 6.07) is 9.65. The third kappa shape index (κ3) is 4.50. The van der Waals surface area contributed by atoms with Crippen LogP contribution in [0.3, 0.4) is 0 Å². The first kappa shape index (κ1) is 20.8. The normalized spacial score (nSPS) is 26.5. The second kappa shape index (κ2) is 9.15. The van der Waals surface area contributed by atoms with E-state index in [2.05, 4.69) is 18.3 Å². The molecule has 1 spiro atoms. The van der Waals surface area contributed by atoms with Gasteiger partial charge in [0.1, 0.15) is 17.9 Å². The van der Waals surface area contributed by atoms with E-state index in [-0.39, 0.29) is 18.4 Å². The van der Waals surface area contributed by atoms with Gasteiger partial charge >= 0.3 is 0 Å². The van der Waals surface area contributed by atoms with Crippen LogP contribution in [0.25, 0.3) is 0 Å². The molecule has 5 nitrogen and oxygen atoms in total. The molecule has 2 aliphatic carbocycles. The minimum absolute atomic E-state index is 0.0812. The lowest BCUT2D eigenvalue weighted by Crippen LogP contribution is -2.52. The van der Waals surface area contributed by atoms with Crippen LogP contribution in [0.4, 0.5) is 0 Å². The summed E-state index contributed by atoms with van der Waals surface area (Å²) in [4.78, 5) is 32.8. The van der Waals surface area contributed by atoms with Gasteiger partial charge in [0.25, 0.3) is 5.91 Å². The number of carbonyl (C=O) groups excluding carboxylic acids is 2. The first-order valence-electron chi connectivity index (χ1n) is 11.5. The molecule has 0 unspecified atom stereocenters. The quantitative estimate of drug-likeness (QED) is 0.717. The second-order valence-electron chi connectivity index (χ2n) is 9.09. The SMILES string of the molecule is CC1CCC2(CC1)N=C(c1ccccc1)C(=O)N2CC(=O)NCCC1=CCCCC1. The lowest BCUT2D eigenvalue weighted by Gasteiger charge is -2.40. The Hall–Kier alpha value is -2.43. The van der Waals surface area contributed by atoms with Crippen LogP contribution in [0.2, 0.25) is 0 Å². The Balaban J connectivity index is 1.44. The summed E-state index contributed by atoms with van der Waals surface area (Å²) in [5, 5.41) is 3.04. The molecule has 0 bridgehead atoms. The number of hydrogen-bond donors (Lipinski definition) is 1. The van der Waals surface area contributed by atoms with Crippen LogP contribution in [0, 0.1) is 5.92 Å². The summed E-state index contributed by atoms with van der Waals surface area (Å²) < 4.78 is 0. The first-order chi connectivity index (χ1) is 14.6. The largest absolute Gasteiger partial charge is 0.354 e. The van der Waals surface area contributed by atoms with Crippen molar-refractivity contribution in [3.63, 3.8) is 0 Å². The Morgan fingerprint density at radius 3 is 2.67 bits per heavy atom. The van der Waals surface area contributed by atoms with E-state index < -0.39 is 5.66 Å². The maximum absolute atomic E-state index is 13.3. The van der Waals surface area contributed by atoms with Crippen molar-refractivity contribution in [2.45, 2.75) is 70.4 Å². The van der Waals surface area contributed by atoms with Gasteiger partial charge in [-0.2, -0.15) is 0 Å². The van der Waals surface area contributed by atoms with E-state index in [0.717, 1.165) is 50.5 Å². The number of rotatable bonds is 6. The van der Waals surface area contributed by atoms with E-state index in [1.165, 1.54) is 18.4 Å². The van der Waals surface area contributed by atoms with Gasteiger partial charge in [-0.05, 0) is 63.7 Å². The number of amides is 2. The van der Waals surface area contributed by atoms with Gasteiger partial charge in [0.2, 0.25) is 5.91 Å². The zero-order chi connectivity index (χ0) is 21.0. The summed E-state index contributed by atoms with van der Waals surface area (Å²) in [7, 11) is 0. The van der Waals surface area contributed by atoms with Crippen molar-refractivity contribution in [3.8, 4) is 0 Å². The second-order valence-corrected chi connectivity index (χ2v) is 9.09. The molecule has 1 heterocycles. The van der Waals surface area contributed by atoms with Crippen LogP contribution < -0.4 is 5.32 Å². The lowest BCUT2D eigenvalue weighted by atomic mass is 9.82. The van der Waals surface area contributed by atoms with Crippen LogP contribution in [-0.4, -0.2) is 41.2 Å². The van der Waals surface area contributed by atoms with Gasteiger partial charge in [0.05, 0.1) is 0 Å². The molecule has 1 aliphatic heterocycles. The summed E-state index contributed by atoms with van der Waals surface area (Å²) in [6.07, 6.45) is 11.8. The first-order valence-corrected chi connectivity index (χ1v) is 11.5. The Morgan fingerprint density at radius 1 is 1.20 bits per heavy atom. The van der Waals surface area contributed by atoms with Crippen molar-refractivity contribution < 1.29 is 9.59 Å². The maximum Gasteiger partial charge on any atom is 0.275 e. The van der Waals surface area contributed by atoms with E-state index in [1.807, 2.05) is 30.3 Å². The molecule has 0 aromatic heterocycles. The molecule has 160 valence electrons. The fourth-order valence-electron chi connectivity index (χ4n) is 4.94. The standard InChI is InChI=1S/C25H33N3O2/c1-19-12-15-25(16-13-19)27-23(21-10-6-3-7-11-21)24(30)28(25)18-22(29)26-17-14-20-8-4-2-5-9-20/h3,6-8,10-11,19H,2,4-5,9,12-18H2,1H3,(H,26,29). The van der Waals surface area contributed by atoms with Crippen molar-refractivity contribution in [2.24, 2.45) is 10.9 Å². The van der Waals surface area contributed by atoms with Crippen LogP contribution >= 0.6 is 0 Å². The van der Waals surface area contributed by atoms with Crippen LogP contribution in [-0.2, 0) is 9.59 Å². The molecule has 1 saturated carbocycles. The molecule has 1 aromatic carbocycles. The Bertz CT molecular complexity index is 835. The van der Waals surface area contributed by atoms with Crippen molar-refractivity contribution in [1.29, 1.82) is 0 Å². The topological polar surface area (TPSA) is 61.8 Å². The van der Waals surface area contributed by atoms with Gasteiger partial charge in [-0.1, -0.05) is 48.9 Å². The van der Waals surface area contributed by atoms with E-state index in [9.17, 15) is 9.59 Å². The predicted octanol–water partition coefficient (Wildman–Crippen LogP) is 4.23. The molecule has 0 radical (unpaired) electrons. The smallest absolute Gasteiger partial charge is 0.275 e. The lowest BCUT2D eigenvalue weighted by molar-refractivity contribution is -0.136. The number of nitrogens with one attached hydrogen (secondary N) is 1. The molecule has 4 rings (SSSR count). The minimum atomic E-state index is -0.558. The molecule has 2 amide bonds. The van der Waals surface area contributed by atoms with Gasteiger partial charge < -0.3 is 10.2 Å². The highest BCUT2D eigenvalue weighted by Gasteiger charge is 2.49. The highest BCUT2D eigenvalue weighted by Crippen LogP contribution is 2.41. The Morgan fingerprint density at radius 2 is 1.97 bits per heavy atom. The van der Waals surface area contributed by atoms with Crippen molar-refractivity contribution in [1.82, 2.24) is 10.2 Å². The number of hydrogen-bond acceptors (Lipinski definition) is 3. The molecule has 30 heavy (non-hydrogen) atoms. The number of carbonyl (C=O) groups is 2. The predicted molar refractivity (Wildman–Crippen MR) is 119 cm³/mol. The van der Waals surface area contributed by atoms with E-state index in [1.54, 1.807) is 4.90 Å². The average Bonchev–Trinajstić information content (AvgIpc) is 3.03. The molecule has 1 fully saturated rings. The molecule has 0 saturated heterocycles. The summed E-state index contributed by atoms with van der Waals surface area (Å²) >= 11 is 0. The van der Waals surface area contributed by atoms with Crippen molar-refractivity contribution in [2.75, 3.05) is 13.1 Å². The number of aliphatic imine (C=N–C) groups is 1. The van der Waals surface area contributed by atoms with Crippen LogP contribution in [0.15, 0.2) is 47.0 Å². The Kier molecular flexibility index (Phi) is 6.35. The summed E-state index contributed by atoms with van der Waals surface area (Å²) in [5.74, 6) is 0.448. The van der Waals surface area contributed by atoms with Gasteiger partial charge in [0.15, 0.2) is 0 Å². The van der Waals surface area contributed by atoms with E-state index in [0.29, 0.717) is 18.2 Å². The molecule has 5 heteroatoms. The maximum atomic E-state index is 13.3. The van der Waals surface area contributed by atoms with Crippen LogP contribution in [0.5, 0.6) is 0 Å². The number of nitrogens with zero attached hydrogens (tertiary/aromatic N) is 2. The van der Waals surface area contributed by atoms with E-state index >= 15 is 0 Å². The molecule has 3 aliphatic rings. The van der Waals surface area contributed by atoms with Crippen LogP contribution in [0.1, 0.15) is 70.3 Å². The number of allylic oxidation sites excluding steroid dienone is 1. The van der Waals surface area contributed by atoms with E-state index in [4.69, 9.17) is 4.99 Å². The Labute approximate surface area is 179 Å². The zero-order valence-corrected chi connectivity index (χ0v) is 18.0. The molecule has 1 N–H and O–H groups in total. The summed E-state index contributed by atoms with van der Waals surface area (Å²) in [6.45, 7) is 2.98. The zero-order valence-electron chi connectivity index (χ0n) is 18.0. The summed E-state index contributed by atoms with van der Waals surface area (Å²) in [5.41, 5.74) is 2.24. The third-order valence-electron chi connectivity index (χ3n) is 6.85. The fourth-order valence-corrected chi connectivity index (χ4v) is 4.94. The minimum Gasteiger partial charge on any atom is -0.354 e. The van der Waals surface area contributed by atoms with Crippen molar-refractivity contribution >= 4 is 17.5 Å². The van der Waals surface area contributed by atoms with Gasteiger partial charge in [-0.3, -0.25) is 14.6 Å². The highest BCUT2D eigenvalue weighted by atomic mass is 16.2. The monoisotopic (exact) mass is 407 g/mol. The third-order valence-corrected chi connectivity index (χ3v) is 6.85. The average molecular weight is 408 g/mol. The van der Waals surface area contributed by atoms with Gasteiger partial charge in [-0.15, -0.1) is 0 Å². The molecular weight excluding hydrogens is 374 g/mol. The van der Waals surface area contributed by atoms with Gasteiger partial charge in [-0.25, -0.2) is 0 Å². The molecule has 0 atom stereocenters. The van der Waals surface area contributed by atoms with Crippen molar-refractivity contribution in [3.05, 3.63) is 47.5 Å². The molecular formula is C25H33N3O2. The number of benzene rings is 1. The van der Waals surface area contributed by atoms with Gasteiger partial charge in [0, 0.05) is 12.1 Å². The fraction of sp³-hybridized carbons (Fsp3) is 0.560. The molecule has 1 aromatic rings.